The minimum absolute atomic E-state index is 0.129. The van der Waals surface area contributed by atoms with Crippen molar-refractivity contribution in [2.45, 2.75) is 25.9 Å². The molecular formula is C14H18ClNO2. The summed E-state index contributed by atoms with van der Waals surface area (Å²) in [6.07, 6.45) is 4.39. The van der Waals surface area contributed by atoms with Gasteiger partial charge in [0.15, 0.2) is 0 Å². The Kier molecular flexibility index (Phi) is 6.47. The second-order valence-electron chi connectivity index (χ2n) is 4.17. The highest BCUT2D eigenvalue weighted by Crippen LogP contribution is 2.10. The van der Waals surface area contributed by atoms with Gasteiger partial charge in [0.25, 0.3) is 0 Å². The number of hydrogen-bond acceptors (Lipinski definition) is 2. The lowest BCUT2D eigenvalue weighted by Gasteiger charge is -2.04. The highest BCUT2D eigenvalue weighted by atomic mass is 35.5. The van der Waals surface area contributed by atoms with E-state index < -0.39 is 0 Å². The van der Waals surface area contributed by atoms with Crippen LogP contribution >= 0.6 is 11.6 Å². The zero-order valence-corrected chi connectivity index (χ0v) is 11.2. The minimum atomic E-state index is -0.313. The number of nitrogens with one attached hydrogen (secondary N) is 1. The fraction of sp³-hybridized carbons (Fsp3) is 0.357. The first-order chi connectivity index (χ1) is 8.58. The summed E-state index contributed by atoms with van der Waals surface area (Å²) in [5.74, 6) is -0.129. The van der Waals surface area contributed by atoms with Crippen molar-refractivity contribution in [2.75, 3.05) is 6.54 Å². The minimum Gasteiger partial charge on any atom is -0.393 e. The molecule has 0 bridgehead atoms. The number of halogens is 1. The van der Waals surface area contributed by atoms with Gasteiger partial charge in [-0.05, 0) is 43.5 Å². The van der Waals surface area contributed by atoms with Crippen LogP contribution in [-0.2, 0) is 4.79 Å². The molecule has 0 fully saturated rings. The summed E-state index contributed by atoms with van der Waals surface area (Å²) in [5.41, 5.74) is 0.929. The van der Waals surface area contributed by atoms with Crippen LogP contribution in [0, 0.1) is 0 Å². The molecule has 0 saturated carbocycles. The summed E-state index contributed by atoms with van der Waals surface area (Å²) in [6.45, 7) is 2.32. The molecule has 0 radical (unpaired) electrons. The summed E-state index contributed by atoms with van der Waals surface area (Å²) in [6, 6.07) is 7.25. The van der Waals surface area contributed by atoms with E-state index in [1.165, 1.54) is 6.08 Å². The van der Waals surface area contributed by atoms with Crippen molar-refractivity contribution < 1.29 is 9.90 Å². The van der Waals surface area contributed by atoms with Crippen LogP contribution in [0.15, 0.2) is 30.3 Å². The third-order valence-electron chi connectivity index (χ3n) is 2.40. The Labute approximate surface area is 112 Å². The van der Waals surface area contributed by atoms with Crippen LogP contribution in [0.4, 0.5) is 0 Å². The van der Waals surface area contributed by atoms with Gasteiger partial charge < -0.3 is 10.4 Å². The number of hydrogen-bond donors (Lipinski definition) is 2. The Hall–Kier alpha value is -1.32. The molecule has 18 heavy (non-hydrogen) atoms. The Balaban J connectivity index is 2.29. The molecule has 0 aliphatic heterocycles. The molecule has 1 amide bonds. The molecule has 0 spiro atoms. The predicted octanol–water partition coefficient (Wildman–Crippen LogP) is 2.63. The van der Waals surface area contributed by atoms with Crippen molar-refractivity contribution in [1.82, 2.24) is 5.32 Å². The van der Waals surface area contributed by atoms with Gasteiger partial charge in [0.1, 0.15) is 0 Å². The number of aliphatic hydroxyl groups is 1. The zero-order chi connectivity index (χ0) is 13.4. The van der Waals surface area contributed by atoms with Gasteiger partial charge >= 0.3 is 0 Å². The van der Waals surface area contributed by atoms with Crippen molar-refractivity contribution in [3.05, 3.63) is 40.9 Å². The van der Waals surface area contributed by atoms with Crippen LogP contribution in [0.2, 0.25) is 5.02 Å². The smallest absolute Gasteiger partial charge is 0.243 e. The fourth-order valence-corrected chi connectivity index (χ4v) is 1.54. The van der Waals surface area contributed by atoms with Gasteiger partial charge in [0.05, 0.1) is 6.10 Å². The maximum absolute atomic E-state index is 11.4. The second-order valence-corrected chi connectivity index (χ2v) is 4.60. The molecule has 0 aliphatic carbocycles. The van der Waals surface area contributed by atoms with Crippen LogP contribution < -0.4 is 5.32 Å². The number of aliphatic hydroxyl groups excluding tert-OH is 1. The van der Waals surface area contributed by atoms with Gasteiger partial charge in [0.2, 0.25) is 5.91 Å². The third-order valence-corrected chi connectivity index (χ3v) is 2.65. The van der Waals surface area contributed by atoms with Crippen LogP contribution in [0.3, 0.4) is 0 Å². The second kappa shape index (κ2) is 7.90. The molecule has 1 rings (SSSR count). The molecule has 0 aromatic heterocycles. The molecule has 4 heteroatoms. The van der Waals surface area contributed by atoms with E-state index in [0.29, 0.717) is 18.0 Å². The van der Waals surface area contributed by atoms with Crippen molar-refractivity contribution in [1.29, 1.82) is 0 Å². The standard InChI is InChI=1S/C14H18ClNO2/c1-11(17)3-2-10-16-14(18)9-6-12-4-7-13(15)8-5-12/h4-9,11,17H,2-3,10H2,1H3,(H,16,18)/b9-6+. The topological polar surface area (TPSA) is 49.3 Å². The molecule has 3 nitrogen and oxygen atoms in total. The van der Waals surface area contributed by atoms with Crippen LogP contribution in [0.25, 0.3) is 6.08 Å². The summed E-state index contributed by atoms with van der Waals surface area (Å²) in [7, 11) is 0. The first-order valence-electron chi connectivity index (χ1n) is 5.97. The fourth-order valence-electron chi connectivity index (χ4n) is 1.41. The quantitative estimate of drug-likeness (QED) is 0.615. The van der Waals surface area contributed by atoms with E-state index in [4.69, 9.17) is 16.7 Å². The predicted molar refractivity (Wildman–Crippen MR) is 74.4 cm³/mol. The Bertz CT molecular complexity index is 399. The molecule has 0 saturated heterocycles. The van der Waals surface area contributed by atoms with E-state index in [0.717, 1.165) is 12.0 Å². The SMILES string of the molecule is CC(O)CCCNC(=O)/C=C/c1ccc(Cl)cc1. The maximum Gasteiger partial charge on any atom is 0.243 e. The van der Waals surface area contributed by atoms with E-state index in [1.807, 2.05) is 12.1 Å². The van der Waals surface area contributed by atoms with E-state index >= 15 is 0 Å². The zero-order valence-electron chi connectivity index (χ0n) is 10.4. The van der Waals surface area contributed by atoms with E-state index in [2.05, 4.69) is 5.32 Å². The van der Waals surface area contributed by atoms with Crippen molar-refractivity contribution in [3.63, 3.8) is 0 Å². The lowest BCUT2D eigenvalue weighted by atomic mass is 10.2. The van der Waals surface area contributed by atoms with E-state index in [9.17, 15) is 4.79 Å². The van der Waals surface area contributed by atoms with E-state index in [1.54, 1.807) is 25.1 Å². The summed E-state index contributed by atoms with van der Waals surface area (Å²) < 4.78 is 0. The lowest BCUT2D eigenvalue weighted by molar-refractivity contribution is -0.116. The van der Waals surface area contributed by atoms with Crippen LogP contribution in [0.5, 0.6) is 0 Å². The monoisotopic (exact) mass is 267 g/mol. The molecule has 1 atom stereocenters. The first-order valence-corrected chi connectivity index (χ1v) is 6.35. The van der Waals surface area contributed by atoms with Gasteiger partial charge in [-0.15, -0.1) is 0 Å². The molecule has 1 aromatic rings. The third kappa shape index (κ3) is 6.42. The molecular weight excluding hydrogens is 250 g/mol. The average Bonchev–Trinajstić information content (AvgIpc) is 2.34. The van der Waals surface area contributed by atoms with Gasteiger partial charge in [-0.3, -0.25) is 4.79 Å². The van der Waals surface area contributed by atoms with Gasteiger partial charge in [-0.2, -0.15) is 0 Å². The highest BCUT2D eigenvalue weighted by Gasteiger charge is 1.97. The van der Waals surface area contributed by atoms with E-state index in [-0.39, 0.29) is 12.0 Å². The van der Waals surface area contributed by atoms with Crippen molar-refractivity contribution >= 4 is 23.6 Å². The normalized spacial score (nSPS) is 12.6. The van der Waals surface area contributed by atoms with Gasteiger partial charge in [-0.1, -0.05) is 23.7 Å². The Morgan fingerprint density at radius 2 is 2.11 bits per heavy atom. The lowest BCUT2D eigenvalue weighted by Crippen LogP contribution is -2.22. The number of rotatable bonds is 6. The maximum atomic E-state index is 11.4. The number of amides is 1. The molecule has 0 aliphatic rings. The largest absolute Gasteiger partial charge is 0.393 e. The van der Waals surface area contributed by atoms with Crippen LogP contribution in [0.1, 0.15) is 25.3 Å². The average molecular weight is 268 g/mol. The van der Waals surface area contributed by atoms with Crippen molar-refractivity contribution in [3.8, 4) is 0 Å². The number of carbonyl (C=O) groups excluding carboxylic acids is 1. The first kappa shape index (κ1) is 14.7. The summed E-state index contributed by atoms with van der Waals surface area (Å²) >= 11 is 5.76. The van der Waals surface area contributed by atoms with Gasteiger partial charge in [0, 0.05) is 17.6 Å². The van der Waals surface area contributed by atoms with Gasteiger partial charge in [-0.25, -0.2) is 0 Å². The summed E-state index contributed by atoms with van der Waals surface area (Å²) in [4.78, 5) is 11.4. The Morgan fingerprint density at radius 3 is 2.72 bits per heavy atom. The number of benzene rings is 1. The Morgan fingerprint density at radius 1 is 1.44 bits per heavy atom. The van der Waals surface area contributed by atoms with Crippen molar-refractivity contribution in [2.24, 2.45) is 0 Å². The summed E-state index contributed by atoms with van der Waals surface area (Å²) in [5, 5.41) is 12.5. The molecule has 0 heterocycles. The van der Waals surface area contributed by atoms with Crippen LogP contribution in [-0.4, -0.2) is 23.7 Å². The molecule has 2 N–H and O–H groups in total. The molecule has 1 aromatic carbocycles. The number of carbonyl (C=O) groups is 1. The molecule has 98 valence electrons. The highest BCUT2D eigenvalue weighted by molar-refractivity contribution is 6.30. The molecule has 1 unspecified atom stereocenters.